The van der Waals surface area contributed by atoms with Crippen LogP contribution in [0.25, 0.3) is 5.70 Å². The molecule has 0 aliphatic carbocycles. The van der Waals surface area contributed by atoms with Crippen molar-refractivity contribution in [1.29, 1.82) is 0 Å². The number of fused-ring (bicyclic) bond motifs is 1. The highest BCUT2D eigenvalue weighted by molar-refractivity contribution is 5.77. The van der Waals surface area contributed by atoms with Crippen molar-refractivity contribution < 1.29 is 31.5 Å². The maximum Gasteiger partial charge on any atom is 0.458 e. The van der Waals surface area contributed by atoms with Crippen molar-refractivity contribution in [1.82, 2.24) is 9.63 Å². The third-order valence-corrected chi connectivity index (χ3v) is 5.09. The average Bonchev–Trinajstić information content (AvgIpc) is 2.67. The lowest BCUT2D eigenvalue weighted by Crippen LogP contribution is -2.42. The van der Waals surface area contributed by atoms with Crippen LogP contribution in [-0.2, 0) is 10.8 Å². The van der Waals surface area contributed by atoms with Gasteiger partial charge in [0.15, 0.2) is 0 Å². The first kappa shape index (κ1) is 23.0. The molecule has 0 fully saturated rings. The van der Waals surface area contributed by atoms with Crippen molar-refractivity contribution in [2.75, 3.05) is 20.7 Å². The SMILES string of the molecule is CON(C)CC1=C(n2ccccc2=O)c2cc(C(F)(F)C(F)(F)F)ccc2OC1(C)C. The number of hydrogen-bond acceptors (Lipinski definition) is 4. The van der Waals surface area contributed by atoms with Crippen LogP contribution in [0.5, 0.6) is 5.75 Å². The van der Waals surface area contributed by atoms with Gasteiger partial charge in [-0.3, -0.25) is 9.36 Å². The summed E-state index contributed by atoms with van der Waals surface area (Å²) in [7, 11) is 3.03. The summed E-state index contributed by atoms with van der Waals surface area (Å²) in [5.74, 6) is -4.99. The van der Waals surface area contributed by atoms with E-state index in [1.54, 1.807) is 27.0 Å². The summed E-state index contributed by atoms with van der Waals surface area (Å²) in [6.45, 7) is 3.52. The molecule has 2 heterocycles. The second-order valence-corrected chi connectivity index (χ2v) is 7.60. The zero-order valence-corrected chi connectivity index (χ0v) is 17.3. The third kappa shape index (κ3) is 4.09. The molecule has 0 unspecified atom stereocenters. The van der Waals surface area contributed by atoms with Crippen molar-refractivity contribution in [3.8, 4) is 5.75 Å². The van der Waals surface area contributed by atoms with Crippen molar-refractivity contribution in [2.24, 2.45) is 0 Å². The quantitative estimate of drug-likeness (QED) is 0.506. The molecular weight excluding hydrogens is 423 g/mol. The summed E-state index contributed by atoms with van der Waals surface area (Å²) in [4.78, 5) is 17.8. The maximum atomic E-state index is 14.1. The summed E-state index contributed by atoms with van der Waals surface area (Å²) in [6.07, 6.45) is -4.35. The predicted molar refractivity (Wildman–Crippen MR) is 104 cm³/mol. The number of benzene rings is 1. The molecule has 5 nitrogen and oxygen atoms in total. The van der Waals surface area contributed by atoms with Crippen LogP contribution in [0.3, 0.4) is 0 Å². The van der Waals surface area contributed by atoms with Crippen molar-refractivity contribution in [2.45, 2.75) is 31.5 Å². The summed E-state index contributed by atoms with van der Waals surface area (Å²) in [5.41, 5.74) is -2.16. The normalized spacial score (nSPS) is 16.3. The fraction of sp³-hybridized carbons (Fsp3) is 0.381. The number of ether oxygens (including phenoxy) is 1. The molecule has 0 spiro atoms. The van der Waals surface area contributed by atoms with E-state index >= 15 is 0 Å². The second-order valence-electron chi connectivity index (χ2n) is 7.60. The van der Waals surface area contributed by atoms with E-state index < -0.39 is 28.8 Å². The minimum absolute atomic E-state index is 0.0476. The Hall–Kier alpha value is -2.72. The number of hydroxylamine groups is 2. The molecule has 1 aliphatic rings. The standard InChI is InChI=1S/C21H21F5N2O3/c1-19(2)15(12-27(3)30-4)18(28-10-6-5-7-17(28)29)14-11-13(8-9-16(14)31-19)20(22,23)21(24,25)26/h5-11H,12H2,1-4H3. The highest BCUT2D eigenvalue weighted by Crippen LogP contribution is 2.47. The predicted octanol–water partition coefficient (Wildman–Crippen LogP) is 4.43. The third-order valence-electron chi connectivity index (χ3n) is 5.09. The number of alkyl halides is 5. The van der Waals surface area contributed by atoms with E-state index in [4.69, 9.17) is 9.57 Å². The Kier molecular flexibility index (Phi) is 5.74. The Morgan fingerprint density at radius 1 is 1.13 bits per heavy atom. The van der Waals surface area contributed by atoms with Gasteiger partial charge in [0.25, 0.3) is 5.56 Å². The Balaban J connectivity index is 2.36. The van der Waals surface area contributed by atoms with E-state index in [9.17, 15) is 26.7 Å². The number of halogens is 5. The average molecular weight is 444 g/mol. The number of hydrogen-bond donors (Lipinski definition) is 0. The number of pyridine rings is 1. The molecular formula is C21H21F5N2O3. The lowest BCUT2D eigenvalue weighted by atomic mass is 9.88. The van der Waals surface area contributed by atoms with Gasteiger partial charge in [0.1, 0.15) is 11.4 Å². The molecule has 0 bridgehead atoms. The zero-order valence-electron chi connectivity index (χ0n) is 17.3. The number of rotatable bonds is 5. The van der Waals surface area contributed by atoms with Crippen LogP contribution in [0, 0.1) is 0 Å². The summed E-state index contributed by atoms with van der Waals surface area (Å²) in [5, 5.41) is 1.42. The molecule has 31 heavy (non-hydrogen) atoms. The van der Waals surface area contributed by atoms with E-state index in [1.165, 1.54) is 35.1 Å². The first-order valence-corrected chi connectivity index (χ1v) is 9.25. The Morgan fingerprint density at radius 3 is 2.39 bits per heavy atom. The lowest BCUT2D eigenvalue weighted by Gasteiger charge is -2.39. The van der Waals surface area contributed by atoms with Crippen molar-refractivity contribution in [3.63, 3.8) is 0 Å². The van der Waals surface area contributed by atoms with Crippen LogP contribution >= 0.6 is 0 Å². The first-order chi connectivity index (χ1) is 14.3. The van der Waals surface area contributed by atoms with Gasteiger partial charge in [0.2, 0.25) is 0 Å². The van der Waals surface area contributed by atoms with Gasteiger partial charge in [-0.2, -0.15) is 27.0 Å². The van der Waals surface area contributed by atoms with Crippen LogP contribution in [0.1, 0.15) is 25.0 Å². The minimum atomic E-state index is -5.78. The van der Waals surface area contributed by atoms with Gasteiger partial charge in [0.05, 0.1) is 19.4 Å². The Morgan fingerprint density at radius 2 is 1.81 bits per heavy atom. The topological polar surface area (TPSA) is 43.7 Å². The minimum Gasteiger partial charge on any atom is -0.483 e. The highest BCUT2D eigenvalue weighted by Gasteiger charge is 2.59. The Bertz CT molecular complexity index is 1070. The molecule has 2 aromatic rings. The summed E-state index contributed by atoms with van der Waals surface area (Å²) in [6, 6.07) is 6.79. The summed E-state index contributed by atoms with van der Waals surface area (Å²) >= 11 is 0. The first-order valence-electron chi connectivity index (χ1n) is 9.25. The number of aromatic nitrogens is 1. The van der Waals surface area contributed by atoms with Gasteiger partial charge in [0, 0.05) is 36.0 Å². The molecule has 3 rings (SSSR count). The molecule has 0 saturated heterocycles. The molecule has 1 aliphatic heterocycles. The van der Waals surface area contributed by atoms with E-state index in [1.807, 2.05) is 0 Å². The van der Waals surface area contributed by atoms with Crippen LogP contribution in [-0.4, -0.2) is 42.1 Å². The molecule has 0 saturated carbocycles. The van der Waals surface area contributed by atoms with Gasteiger partial charge < -0.3 is 9.57 Å². The molecule has 0 amide bonds. The monoisotopic (exact) mass is 444 g/mol. The van der Waals surface area contributed by atoms with Crippen LogP contribution < -0.4 is 10.3 Å². The molecule has 0 atom stereocenters. The fourth-order valence-electron chi connectivity index (χ4n) is 3.39. The molecule has 168 valence electrons. The van der Waals surface area contributed by atoms with Crippen molar-refractivity contribution in [3.05, 3.63) is 69.6 Å². The zero-order chi connectivity index (χ0) is 23.2. The van der Waals surface area contributed by atoms with Gasteiger partial charge in [-0.25, -0.2) is 0 Å². The largest absolute Gasteiger partial charge is 0.483 e. The lowest BCUT2D eigenvalue weighted by molar-refractivity contribution is -0.289. The molecule has 1 aromatic carbocycles. The fourth-order valence-corrected chi connectivity index (χ4v) is 3.39. The van der Waals surface area contributed by atoms with E-state index in [2.05, 4.69) is 0 Å². The maximum absolute atomic E-state index is 14.1. The number of nitrogens with zero attached hydrogens (tertiary/aromatic N) is 2. The molecule has 1 aromatic heterocycles. The van der Waals surface area contributed by atoms with Gasteiger partial charge in [-0.05, 0) is 38.1 Å². The summed E-state index contributed by atoms with van der Waals surface area (Å²) < 4.78 is 74.2. The van der Waals surface area contributed by atoms with Crippen LogP contribution in [0.15, 0.2) is 53.0 Å². The highest BCUT2D eigenvalue weighted by atomic mass is 19.4. The van der Waals surface area contributed by atoms with Gasteiger partial charge in [-0.1, -0.05) is 6.07 Å². The number of likely N-dealkylation sites (N-methyl/N-ethyl adjacent to an activating group) is 1. The van der Waals surface area contributed by atoms with Gasteiger partial charge in [-0.15, -0.1) is 0 Å². The van der Waals surface area contributed by atoms with Crippen LogP contribution in [0.4, 0.5) is 22.0 Å². The molecule has 0 N–H and O–H groups in total. The van der Waals surface area contributed by atoms with Gasteiger partial charge >= 0.3 is 12.1 Å². The molecule has 0 radical (unpaired) electrons. The second kappa shape index (κ2) is 7.76. The van der Waals surface area contributed by atoms with E-state index in [0.29, 0.717) is 11.6 Å². The molecule has 10 heteroatoms. The smallest absolute Gasteiger partial charge is 0.458 e. The van der Waals surface area contributed by atoms with E-state index in [0.717, 1.165) is 12.1 Å². The van der Waals surface area contributed by atoms with E-state index in [-0.39, 0.29) is 23.6 Å². The van der Waals surface area contributed by atoms with Crippen molar-refractivity contribution >= 4 is 5.70 Å². The Labute approximate surface area is 175 Å². The van der Waals surface area contributed by atoms with Crippen LogP contribution in [0.2, 0.25) is 0 Å².